The highest BCUT2D eigenvalue weighted by atomic mass is 79.9. The summed E-state index contributed by atoms with van der Waals surface area (Å²) in [6.45, 7) is 1.89. The normalized spacial score (nSPS) is 10.2. The van der Waals surface area contributed by atoms with Crippen LogP contribution in [0, 0.1) is 17.0 Å². The summed E-state index contributed by atoms with van der Waals surface area (Å²) >= 11 is 3.34. The maximum absolute atomic E-state index is 10.8. The third-order valence-corrected chi connectivity index (χ3v) is 3.42. The Bertz CT molecular complexity index is 661. The fourth-order valence-electron chi connectivity index (χ4n) is 1.54. The smallest absolute Gasteiger partial charge is 0.273 e. The summed E-state index contributed by atoms with van der Waals surface area (Å²) in [5, 5.41) is 10.8. The molecule has 20 heavy (non-hydrogen) atoms. The van der Waals surface area contributed by atoms with Crippen LogP contribution in [0.1, 0.15) is 5.56 Å². The Hall–Kier alpha value is -2.15. The number of methoxy groups -OCH3 is 1. The maximum atomic E-state index is 10.8. The molecule has 0 spiro atoms. The van der Waals surface area contributed by atoms with E-state index in [0.717, 1.165) is 10.0 Å². The lowest BCUT2D eigenvalue weighted by atomic mass is 10.3. The van der Waals surface area contributed by atoms with Gasteiger partial charge in [-0.1, -0.05) is 0 Å². The van der Waals surface area contributed by atoms with E-state index in [1.807, 2.05) is 6.92 Å². The van der Waals surface area contributed by atoms with Gasteiger partial charge in [0, 0.05) is 22.8 Å². The minimum Gasteiger partial charge on any atom is -0.493 e. The molecule has 6 nitrogen and oxygen atoms in total. The molecule has 1 aromatic carbocycles. The van der Waals surface area contributed by atoms with Crippen molar-refractivity contribution >= 4 is 21.6 Å². The summed E-state index contributed by atoms with van der Waals surface area (Å²) < 4.78 is 11.5. The quantitative estimate of drug-likeness (QED) is 0.625. The molecule has 7 heteroatoms. The number of benzene rings is 1. The number of rotatable bonds is 4. The number of hydrogen-bond acceptors (Lipinski definition) is 5. The van der Waals surface area contributed by atoms with E-state index in [0.29, 0.717) is 11.6 Å². The first-order valence-electron chi connectivity index (χ1n) is 5.63. The van der Waals surface area contributed by atoms with Crippen molar-refractivity contribution in [2.75, 3.05) is 7.11 Å². The van der Waals surface area contributed by atoms with Crippen LogP contribution in [0.25, 0.3) is 0 Å². The summed E-state index contributed by atoms with van der Waals surface area (Å²) in [4.78, 5) is 14.4. The van der Waals surface area contributed by atoms with Gasteiger partial charge in [-0.05, 0) is 34.5 Å². The highest BCUT2D eigenvalue weighted by molar-refractivity contribution is 9.10. The molecule has 2 rings (SSSR count). The third kappa shape index (κ3) is 3.05. The van der Waals surface area contributed by atoms with Crippen LogP contribution < -0.4 is 9.47 Å². The molecular formula is C13H11BrN2O4. The average Bonchev–Trinajstić information content (AvgIpc) is 2.42. The zero-order valence-corrected chi connectivity index (χ0v) is 12.4. The second-order valence-corrected chi connectivity index (χ2v) is 4.82. The largest absolute Gasteiger partial charge is 0.493 e. The summed E-state index contributed by atoms with van der Waals surface area (Å²) in [6.07, 6.45) is 1.61. The maximum Gasteiger partial charge on any atom is 0.273 e. The predicted molar refractivity (Wildman–Crippen MR) is 76.4 cm³/mol. The number of halogens is 1. The fraction of sp³-hybridized carbons (Fsp3) is 0.154. The van der Waals surface area contributed by atoms with Gasteiger partial charge in [-0.2, -0.15) is 0 Å². The number of pyridine rings is 1. The molecule has 1 heterocycles. The Balaban J connectivity index is 2.37. The first kappa shape index (κ1) is 14.3. The molecule has 0 aliphatic rings. The molecule has 0 saturated carbocycles. The summed E-state index contributed by atoms with van der Waals surface area (Å²) in [6, 6.07) is 5.87. The third-order valence-electron chi connectivity index (χ3n) is 2.59. The number of nitrogens with zero attached hydrogens (tertiary/aromatic N) is 2. The van der Waals surface area contributed by atoms with E-state index < -0.39 is 4.92 Å². The average molecular weight is 339 g/mol. The molecule has 2 aromatic rings. The number of aryl methyl sites for hydroxylation is 1. The number of hydrogen-bond donors (Lipinski definition) is 0. The molecule has 0 fully saturated rings. The minimum absolute atomic E-state index is 0.0744. The number of nitro benzene ring substituents is 1. The Morgan fingerprint density at radius 2 is 2.05 bits per heavy atom. The Morgan fingerprint density at radius 3 is 2.65 bits per heavy atom. The van der Waals surface area contributed by atoms with E-state index in [1.54, 1.807) is 12.3 Å². The molecule has 0 bridgehead atoms. The van der Waals surface area contributed by atoms with Gasteiger partial charge in [0.2, 0.25) is 5.88 Å². The van der Waals surface area contributed by atoms with Gasteiger partial charge in [0.1, 0.15) is 0 Å². The van der Waals surface area contributed by atoms with E-state index in [9.17, 15) is 10.1 Å². The topological polar surface area (TPSA) is 74.5 Å². The van der Waals surface area contributed by atoms with Gasteiger partial charge in [-0.15, -0.1) is 0 Å². The van der Waals surface area contributed by atoms with E-state index in [4.69, 9.17) is 9.47 Å². The van der Waals surface area contributed by atoms with Crippen molar-refractivity contribution in [3.63, 3.8) is 0 Å². The fourth-order valence-corrected chi connectivity index (χ4v) is 1.76. The van der Waals surface area contributed by atoms with Gasteiger partial charge >= 0.3 is 0 Å². The molecule has 0 atom stereocenters. The van der Waals surface area contributed by atoms with Crippen molar-refractivity contribution in [2.45, 2.75) is 6.92 Å². The van der Waals surface area contributed by atoms with Gasteiger partial charge in [0.05, 0.1) is 18.1 Å². The lowest BCUT2D eigenvalue weighted by Crippen LogP contribution is -1.95. The van der Waals surface area contributed by atoms with Crippen molar-refractivity contribution in [3.8, 4) is 17.4 Å². The molecule has 0 radical (unpaired) electrons. The number of non-ortho nitro benzene ring substituents is 1. The van der Waals surface area contributed by atoms with Crippen LogP contribution in [0.3, 0.4) is 0 Å². The van der Waals surface area contributed by atoms with Crippen LogP contribution in [0.2, 0.25) is 0 Å². The van der Waals surface area contributed by atoms with Gasteiger partial charge in [-0.3, -0.25) is 10.1 Å². The number of ether oxygens (including phenoxy) is 2. The Labute approximate surface area is 123 Å². The summed E-state index contributed by atoms with van der Waals surface area (Å²) in [5.41, 5.74) is 0.869. The zero-order chi connectivity index (χ0) is 14.7. The van der Waals surface area contributed by atoms with Crippen LogP contribution in [0.4, 0.5) is 5.69 Å². The van der Waals surface area contributed by atoms with Crippen molar-refractivity contribution in [1.82, 2.24) is 4.98 Å². The second-order valence-electron chi connectivity index (χ2n) is 3.97. The molecular weight excluding hydrogens is 328 g/mol. The minimum atomic E-state index is -0.493. The van der Waals surface area contributed by atoms with Crippen LogP contribution in [0.15, 0.2) is 34.9 Å². The van der Waals surface area contributed by atoms with E-state index in [-0.39, 0.29) is 11.4 Å². The van der Waals surface area contributed by atoms with Crippen LogP contribution >= 0.6 is 15.9 Å². The molecule has 0 N–H and O–H groups in total. The molecule has 0 aliphatic heterocycles. The standard InChI is InChI=1S/C13H11BrN2O4/c1-8-5-13(15-7-10(8)14)20-12-6-9(16(17)18)3-4-11(12)19-2/h3-7H,1-2H3. The number of aromatic nitrogens is 1. The van der Waals surface area contributed by atoms with Crippen LogP contribution in [0.5, 0.6) is 17.4 Å². The zero-order valence-electron chi connectivity index (χ0n) is 10.8. The highest BCUT2D eigenvalue weighted by Crippen LogP contribution is 2.34. The SMILES string of the molecule is COc1ccc([N+](=O)[O-])cc1Oc1cc(C)c(Br)cn1. The van der Waals surface area contributed by atoms with Crippen molar-refractivity contribution < 1.29 is 14.4 Å². The van der Waals surface area contributed by atoms with E-state index in [1.165, 1.54) is 25.3 Å². The van der Waals surface area contributed by atoms with Gasteiger partial charge < -0.3 is 9.47 Å². The predicted octanol–water partition coefficient (Wildman–Crippen LogP) is 3.86. The number of nitro groups is 1. The lowest BCUT2D eigenvalue weighted by Gasteiger charge is -2.10. The molecule has 1 aromatic heterocycles. The summed E-state index contributed by atoms with van der Waals surface area (Å²) in [7, 11) is 1.47. The van der Waals surface area contributed by atoms with Crippen molar-refractivity contribution in [1.29, 1.82) is 0 Å². The molecule has 104 valence electrons. The van der Waals surface area contributed by atoms with E-state index >= 15 is 0 Å². The molecule has 0 aliphatic carbocycles. The van der Waals surface area contributed by atoms with E-state index in [2.05, 4.69) is 20.9 Å². The van der Waals surface area contributed by atoms with Crippen LogP contribution in [-0.2, 0) is 0 Å². The van der Waals surface area contributed by atoms with Gasteiger partial charge in [0.15, 0.2) is 11.5 Å². The first-order chi connectivity index (χ1) is 9.51. The van der Waals surface area contributed by atoms with Crippen molar-refractivity contribution in [2.24, 2.45) is 0 Å². The highest BCUT2D eigenvalue weighted by Gasteiger charge is 2.14. The van der Waals surface area contributed by atoms with Gasteiger partial charge in [-0.25, -0.2) is 4.98 Å². The molecule has 0 unspecified atom stereocenters. The lowest BCUT2D eigenvalue weighted by molar-refractivity contribution is -0.384. The Morgan fingerprint density at radius 1 is 1.30 bits per heavy atom. The van der Waals surface area contributed by atoms with Gasteiger partial charge in [0.25, 0.3) is 5.69 Å². The second kappa shape index (κ2) is 5.87. The first-order valence-corrected chi connectivity index (χ1v) is 6.43. The summed E-state index contributed by atoms with van der Waals surface area (Å²) in [5.74, 6) is 0.985. The monoisotopic (exact) mass is 338 g/mol. The van der Waals surface area contributed by atoms with Crippen molar-refractivity contribution in [3.05, 3.63) is 50.6 Å². The molecule has 0 saturated heterocycles. The Kier molecular flexibility index (Phi) is 4.19. The molecule has 0 amide bonds. The van der Waals surface area contributed by atoms with Crippen LogP contribution in [-0.4, -0.2) is 17.0 Å².